The predicted molar refractivity (Wildman–Crippen MR) is 61.9 cm³/mol. The van der Waals surface area contributed by atoms with Crippen molar-refractivity contribution in [1.82, 2.24) is 14.8 Å². The molecular weight excluding hydrogens is 237 g/mol. The Hall–Kier alpha value is -2.24. The third-order valence-corrected chi connectivity index (χ3v) is 2.65. The minimum Gasteiger partial charge on any atom is -0.482 e. The van der Waals surface area contributed by atoms with Gasteiger partial charge in [-0.1, -0.05) is 6.07 Å². The van der Waals surface area contributed by atoms with E-state index in [1.807, 2.05) is 0 Å². The van der Waals surface area contributed by atoms with Crippen LogP contribution in [0.4, 0.5) is 4.39 Å². The number of aldehydes is 1. The van der Waals surface area contributed by atoms with Crippen molar-refractivity contribution in [2.45, 2.75) is 13.5 Å². The van der Waals surface area contributed by atoms with E-state index in [4.69, 9.17) is 4.74 Å². The molecule has 0 N–H and O–H groups in total. The maximum Gasteiger partial charge on any atom is 0.170 e. The Morgan fingerprint density at radius 3 is 2.83 bits per heavy atom. The number of aromatic nitrogens is 3. The highest BCUT2D eigenvalue weighted by atomic mass is 19.1. The molecule has 0 aliphatic heterocycles. The summed E-state index contributed by atoms with van der Waals surface area (Å²) in [6.07, 6.45) is 0.556. The molecule has 0 spiro atoms. The number of carbonyl (C=O) groups is 1. The van der Waals surface area contributed by atoms with Gasteiger partial charge in [0.15, 0.2) is 23.7 Å². The number of halogens is 1. The topological polar surface area (TPSA) is 57.0 Å². The van der Waals surface area contributed by atoms with Crippen LogP contribution in [0.15, 0.2) is 18.2 Å². The molecule has 2 aromatic rings. The summed E-state index contributed by atoms with van der Waals surface area (Å²) in [4.78, 5) is 10.8. The van der Waals surface area contributed by atoms with Crippen LogP contribution in [0.25, 0.3) is 0 Å². The van der Waals surface area contributed by atoms with Crippen LogP contribution in [0.1, 0.15) is 22.0 Å². The molecule has 0 saturated carbocycles. The first-order valence-corrected chi connectivity index (χ1v) is 5.35. The Bertz CT molecular complexity index is 581. The Labute approximate surface area is 103 Å². The molecule has 0 aliphatic rings. The summed E-state index contributed by atoms with van der Waals surface area (Å²) in [7, 11) is 1.79. The second kappa shape index (κ2) is 4.95. The molecule has 0 saturated heterocycles. The van der Waals surface area contributed by atoms with Gasteiger partial charge in [-0.05, 0) is 19.1 Å². The maximum absolute atomic E-state index is 13.5. The fraction of sp³-hybridized carbons (Fsp3) is 0.250. The molecule has 0 unspecified atom stereocenters. The van der Waals surface area contributed by atoms with E-state index in [9.17, 15) is 9.18 Å². The van der Waals surface area contributed by atoms with Crippen molar-refractivity contribution >= 4 is 6.29 Å². The Balaban J connectivity index is 2.20. The molecular formula is C12H12FN3O2. The first-order valence-electron chi connectivity index (χ1n) is 5.35. The number of carbonyl (C=O) groups excluding carboxylic acids is 1. The fourth-order valence-electron chi connectivity index (χ4n) is 1.48. The number of nitrogens with zero attached hydrogens (tertiary/aromatic N) is 3. The molecule has 1 heterocycles. The lowest BCUT2D eigenvalue weighted by atomic mass is 10.2. The minimum atomic E-state index is -0.571. The second-order valence-electron chi connectivity index (χ2n) is 3.79. The number of rotatable bonds is 4. The summed E-state index contributed by atoms with van der Waals surface area (Å²) in [5, 5.41) is 7.76. The SMILES string of the molecule is Cc1nnc(COc2c(F)cccc2C=O)n1C. The minimum absolute atomic E-state index is 0.0547. The molecule has 0 atom stereocenters. The summed E-state index contributed by atoms with van der Waals surface area (Å²) in [5.41, 5.74) is 0.175. The smallest absolute Gasteiger partial charge is 0.170 e. The number of hydrogen-bond donors (Lipinski definition) is 0. The van der Waals surface area contributed by atoms with Gasteiger partial charge in [0.1, 0.15) is 12.4 Å². The summed E-state index contributed by atoms with van der Waals surface area (Å²) in [6.45, 7) is 1.86. The van der Waals surface area contributed by atoms with Crippen LogP contribution in [-0.4, -0.2) is 21.1 Å². The van der Waals surface area contributed by atoms with Crippen molar-refractivity contribution < 1.29 is 13.9 Å². The Kier molecular flexibility index (Phi) is 3.36. The average Bonchev–Trinajstić information content (AvgIpc) is 2.68. The predicted octanol–water partition coefficient (Wildman–Crippen LogP) is 1.65. The molecule has 0 aliphatic carbocycles. The molecule has 2 rings (SSSR count). The summed E-state index contributed by atoms with van der Waals surface area (Å²) < 4.78 is 20.6. The third kappa shape index (κ3) is 2.22. The van der Waals surface area contributed by atoms with Gasteiger partial charge in [-0.2, -0.15) is 0 Å². The lowest BCUT2D eigenvalue weighted by molar-refractivity contribution is 0.111. The van der Waals surface area contributed by atoms with Crippen molar-refractivity contribution in [2.24, 2.45) is 7.05 Å². The van der Waals surface area contributed by atoms with Gasteiger partial charge in [0.2, 0.25) is 0 Å². The molecule has 0 fully saturated rings. The molecule has 0 radical (unpaired) electrons. The lowest BCUT2D eigenvalue weighted by Crippen LogP contribution is -2.06. The lowest BCUT2D eigenvalue weighted by Gasteiger charge is -2.08. The molecule has 5 nitrogen and oxygen atoms in total. The highest BCUT2D eigenvalue weighted by Crippen LogP contribution is 2.21. The van der Waals surface area contributed by atoms with Crippen LogP contribution in [0.3, 0.4) is 0 Å². The summed E-state index contributed by atoms with van der Waals surface area (Å²) in [6, 6.07) is 4.19. The number of hydrogen-bond acceptors (Lipinski definition) is 4. The Morgan fingerprint density at radius 1 is 1.44 bits per heavy atom. The van der Waals surface area contributed by atoms with Gasteiger partial charge in [0.05, 0.1) is 5.56 Å². The van der Waals surface area contributed by atoms with Gasteiger partial charge in [-0.3, -0.25) is 4.79 Å². The van der Waals surface area contributed by atoms with E-state index in [0.29, 0.717) is 12.1 Å². The van der Waals surface area contributed by atoms with Crippen LogP contribution in [-0.2, 0) is 13.7 Å². The van der Waals surface area contributed by atoms with E-state index in [0.717, 1.165) is 5.82 Å². The average molecular weight is 249 g/mol. The van der Waals surface area contributed by atoms with E-state index in [1.165, 1.54) is 18.2 Å². The van der Waals surface area contributed by atoms with Crippen LogP contribution < -0.4 is 4.74 Å². The van der Waals surface area contributed by atoms with Gasteiger partial charge in [0.25, 0.3) is 0 Å². The second-order valence-corrected chi connectivity index (χ2v) is 3.79. The summed E-state index contributed by atoms with van der Waals surface area (Å²) in [5.74, 6) is 0.664. The third-order valence-electron chi connectivity index (χ3n) is 2.65. The molecule has 0 amide bonds. The highest BCUT2D eigenvalue weighted by molar-refractivity contribution is 5.79. The zero-order valence-corrected chi connectivity index (χ0v) is 10.1. The normalized spacial score (nSPS) is 10.4. The first-order chi connectivity index (χ1) is 8.63. The van der Waals surface area contributed by atoms with Crippen LogP contribution in [0, 0.1) is 12.7 Å². The molecule has 6 heteroatoms. The van der Waals surface area contributed by atoms with E-state index in [1.54, 1.807) is 18.5 Å². The molecule has 1 aromatic heterocycles. The van der Waals surface area contributed by atoms with Crippen LogP contribution >= 0.6 is 0 Å². The summed E-state index contributed by atoms with van der Waals surface area (Å²) >= 11 is 0. The van der Waals surface area contributed by atoms with E-state index < -0.39 is 5.82 Å². The van der Waals surface area contributed by atoms with Gasteiger partial charge >= 0.3 is 0 Å². The van der Waals surface area contributed by atoms with Gasteiger partial charge in [-0.15, -0.1) is 10.2 Å². The molecule has 18 heavy (non-hydrogen) atoms. The van der Waals surface area contributed by atoms with Crippen molar-refractivity contribution in [1.29, 1.82) is 0 Å². The van der Waals surface area contributed by atoms with E-state index in [-0.39, 0.29) is 17.9 Å². The number of benzene rings is 1. The van der Waals surface area contributed by atoms with Crippen LogP contribution in [0.2, 0.25) is 0 Å². The molecule has 1 aromatic carbocycles. The van der Waals surface area contributed by atoms with Gasteiger partial charge in [0, 0.05) is 7.05 Å². The Morgan fingerprint density at radius 2 is 2.22 bits per heavy atom. The highest BCUT2D eigenvalue weighted by Gasteiger charge is 2.11. The number of aryl methyl sites for hydroxylation is 1. The van der Waals surface area contributed by atoms with Crippen molar-refractivity contribution in [3.63, 3.8) is 0 Å². The quantitative estimate of drug-likeness (QED) is 0.773. The van der Waals surface area contributed by atoms with Crippen molar-refractivity contribution in [3.05, 3.63) is 41.2 Å². The number of ether oxygens (including phenoxy) is 1. The zero-order chi connectivity index (χ0) is 13.1. The van der Waals surface area contributed by atoms with Crippen molar-refractivity contribution in [3.8, 4) is 5.75 Å². The van der Waals surface area contributed by atoms with Crippen LogP contribution in [0.5, 0.6) is 5.75 Å². The molecule has 0 bridgehead atoms. The first kappa shape index (κ1) is 12.2. The maximum atomic E-state index is 13.5. The van der Waals surface area contributed by atoms with Gasteiger partial charge in [-0.25, -0.2) is 4.39 Å². The fourth-order valence-corrected chi connectivity index (χ4v) is 1.48. The molecule has 94 valence electrons. The monoisotopic (exact) mass is 249 g/mol. The van der Waals surface area contributed by atoms with E-state index in [2.05, 4.69) is 10.2 Å². The zero-order valence-electron chi connectivity index (χ0n) is 10.1. The largest absolute Gasteiger partial charge is 0.482 e. The van der Waals surface area contributed by atoms with Crippen molar-refractivity contribution in [2.75, 3.05) is 0 Å². The van der Waals surface area contributed by atoms with Gasteiger partial charge < -0.3 is 9.30 Å². The van der Waals surface area contributed by atoms with E-state index >= 15 is 0 Å². The standard InChI is InChI=1S/C12H12FN3O2/c1-8-14-15-11(16(8)2)7-18-12-9(6-17)4-3-5-10(12)13/h3-6H,7H2,1-2H3. The number of para-hydroxylation sites is 1.